The molecule has 0 saturated carbocycles. The van der Waals surface area contributed by atoms with E-state index in [9.17, 15) is 9.59 Å². The van der Waals surface area contributed by atoms with Crippen molar-refractivity contribution in [1.82, 2.24) is 10.6 Å². The monoisotopic (exact) mass is 272 g/mol. The average molecular weight is 272 g/mol. The van der Waals surface area contributed by atoms with Gasteiger partial charge in [0.05, 0.1) is 12.1 Å². The third-order valence-corrected chi connectivity index (χ3v) is 3.27. The van der Waals surface area contributed by atoms with Crippen molar-refractivity contribution < 1.29 is 19.4 Å². The number of hydrogen-bond acceptors (Lipinski definition) is 3. The van der Waals surface area contributed by atoms with Crippen molar-refractivity contribution in [3.05, 3.63) is 0 Å². The fourth-order valence-electron chi connectivity index (χ4n) is 2.13. The molecule has 110 valence electrons. The van der Waals surface area contributed by atoms with Crippen LogP contribution >= 0.6 is 0 Å². The molecule has 0 aliphatic carbocycles. The van der Waals surface area contributed by atoms with Gasteiger partial charge in [0.15, 0.2) is 0 Å². The Morgan fingerprint density at radius 1 is 1.42 bits per heavy atom. The summed E-state index contributed by atoms with van der Waals surface area (Å²) in [5, 5.41) is 14.4. The molecule has 1 fully saturated rings. The Morgan fingerprint density at radius 2 is 2.11 bits per heavy atom. The van der Waals surface area contributed by atoms with E-state index < -0.39 is 11.5 Å². The van der Waals surface area contributed by atoms with Crippen molar-refractivity contribution in [2.45, 2.75) is 57.5 Å². The molecule has 1 aliphatic rings. The van der Waals surface area contributed by atoms with Crippen LogP contribution in [-0.2, 0) is 9.53 Å². The van der Waals surface area contributed by atoms with Crippen LogP contribution in [-0.4, -0.2) is 41.4 Å². The van der Waals surface area contributed by atoms with E-state index in [1.807, 2.05) is 20.8 Å². The van der Waals surface area contributed by atoms with Gasteiger partial charge in [-0.2, -0.15) is 0 Å². The molecule has 1 rings (SSSR count). The summed E-state index contributed by atoms with van der Waals surface area (Å²) in [5.41, 5.74) is -0.889. The number of carboxylic acids is 1. The first-order valence-electron chi connectivity index (χ1n) is 6.62. The van der Waals surface area contributed by atoms with Gasteiger partial charge in [-0.3, -0.25) is 4.79 Å². The summed E-state index contributed by atoms with van der Waals surface area (Å²) in [4.78, 5) is 22.5. The number of carboxylic acid groups (broad SMARTS) is 1. The number of amides is 2. The Labute approximate surface area is 113 Å². The van der Waals surface area contributed by atoms with Gasteiger partial charge in [0.25, 0.3) is 0 Å². The van der Waals surface area contributed by atoms with Gasteiger partial charge in [-0.25, -0.2) is 4.79 Å². The summed E-state index contributed by atoms with van der Waals surface area (Å²) in [6.07, 6.45) is 2.24. The van der Waals surface area contributed by atoms with Crippen molar-refractivity contribution >= 4 is 12.0 Å². The third-order valence-electron chi connectivity index (χ3n) is 3.27. The molecule has 0 radical (unpaired) electrons. The molecule has 0 aromatic carbocycles. The van der Waals surface area contributed by atoms with E-state index in [-0.39, 0.29) is 18.0 Å². The van der Waals surface area contributed by atoms with Gasteiger partial charge in [-0.05, 0) is 40.0 Å². The largest absolute Gasteiger partial charge is 0.481 e. The summed E-state index contributed by atoms with van der Waals surface area (Å²) in [6.45, 7) is 6.83. The van der Waals surface area contributed by atoms with Crippen LogP contribution in [0.1, 0.15) is 46.5 Å². The number of urea groups is 1. The van der Waals surface area contributed by atoms with Gasteiger partial charge in [0.2, 0.25) is 0 Å². The fraction of sp³-hybridized carbons (Fsp3) is 0.846. The molecule has 3 N–H and O–H groups in total. The summed E-state index contributed by atoms with van der Waals surface area (Å²) in [5.74, 6) is -0.858. The zero-order valence-electron chi connectivity index (χ0n) is 11.9. The van der Waals surface area contributed by atoms with Crippen molar-refractivity contribution in [3.8, 4) is 0 Å². The predicted octanol–water partition coefficient (Wildman–Crippen LogP) is 1.50. The molecule has 0 spiro atoms. The maximum atomic E-state index is 12.0. The first-order chi connectivity index (χ1) is 8.72. The van der Waals surface area contributed by atoms with Crippen LogP contribution in [0.4, 0.5) is 4.79 Å². The molecule has 1 saturated heterocycles. The fourth-order valence-corrected chi connectivity index (χ4v) is 2.13. The highest BCUT2D eigenvalue weighted by molar-refractivity contribution is 5.75. The molecular weight excluding hydrogens is 248 g/mol. The van der Waals surface area contributed by atoms with Gasteiger partial charge >= 0.3 is 12.0 Å². The maximum Gasteiger partial charge on any atom is 0.315 e. The Morgan fingerprint density at radius 3 is 2.63 bits per heavy atom. The molecule has 1 atom stereocenters. The second-order valence-electron chi connectivity index (χ2n) is 6.07. The molecule has 1 unspecified atom stereocenters. The number of hydrogen-bond donors (Lipinski definition) is 3. The van der Waals surface area contributed by atoms with Crippen LogP contribution in [0.3, 0.4) is 0 Å². The van der Waals surface area contributed by atoms with E-state index in [1.54, 1.807) is 0 Å². The average Bonchev–Trinajstić information content (AvgIpc) is 2.25. The van der Waals surface area contributed by atoms with Crippen molar-refractivity contribution in [1.29, 1.82) is 0 Å². The lowest BCUT2D eigenvalue weighted by atomic mass is 9.95. The summed E-state index contributed by atoms with van der Waals surface area (Å²) >= 11 is 0. The highest BCUT2D eigenvalue weighted by atomic mass is 16.5. The topological polar surface area (TPSA) is 87.7 Å². The molecule has 6 nitrogen and oxygen atoms in total. The van der Waals surface area contributed by atoms with Crippen LogP contribution in [0, 0.1) is 0 Å². The van der Waals surface area contributed by atoms with Crippen LogP contribution in [0.2, 0.25) is 0 Å². The van der Waals surface area contributed by atoms with Crippen molar-refractivity contribution in [2.24, 2.45) is 0 Å². The summed E-state index contributed by atoms with van der Waals surface area (Å²) < 4.78 is 5.37. The molecule has 1 heterocycles. The van der Waals surface area contributed by atoms with Crippen molar-refractivity contribution in [2.75, 3.05) is 13.2 Å². The Kier molecular flexibility index (Phi) is 5.17. The smallest absolute Gasteiger partial charge is 0.315 e. The molecule has 19 heavy (non-hydrogen) atoms. The molecule has 0 aromatic rings. The number of nitrogens with one attached hydrogen (secondary N) is 2. The van der Waals surface area contributed by atoms with Crippen LogP contribution in [0.15, 0.2) is 0 Å². The third kappa shape index (κ3) is 5.92. The zero-order chi connectivity index (χ0) is 14.5. The number of aliphatic carboxylic acids is 1. The highest BCUT2D eigenvalue weighted by Crippen LogP contribution is 2.18. The molecule has 0 aromatic heterocycles. The van der Waals surface area contributed by atoms with Gasteiger partial charge in [-0.15, -0.1) is 0 Å². The Balaban J connectivity index is 2.42. The summed E-state index contributed by atoms with van der Waals surface area (Å²) in [6, 6.07) is -0.275. The molecule has 6 heteroatoms. The van der Waals surface area contributed by atoms with E-state index in [0.717, 1.165) is 19.4 Å². The quantitative estimate of drug-likeness (QED) is 0.707. The standard InChI is InChI=1S/C13H24N2O4/c1-12(2,7-5-10(16)17)14-11(18)15-13(3)6-4-8-19-9-13/h4-9H2,1-3H3,(H,16,17)(H2,14,15,18). The minimum absolute atomic E-state index is 0.0354. The minimum Gasteiger partial charge on any atom is -0.481 e. The molecule has 0 bridgehead atoms. The molecular formula is C13H24N2O4. The first kappa shape index (κ1) is 15.8. The van der Waals surface area contributed by atoms with E-state index >= 15 is 0 Å². The van der Waals surface area contributed by atoms with Gasteiger partial charge in [-0.1, -0.05) is 0 Å². The summed E-state index contributed by atoms with van der Waals surface area (Å²) in [7, 11) is 0. The van der Waals surface area contributed by atoms with Crippen LogP contribution in [0.25, 0.3) is 0 Å². The maximum absolute atomic E-state index is 12.0. The normalized spacial score (nSPS) is 23.7. The van der Waals surface area contributed by atoms with Crippen LogP contribution in [0.5, 0.6) is 0 Å². The van der Waals surface area contributed by atoms with E-state index in [4.69, 9.17) is 9.84 Å². The first-order valence-corrected chi connectivity index (χ1v) is 6.62. The lowest BCUT2D eigenvalue weighted by Crippen LogP contribution is -2.58. The number of rotatable bonds is 5. The van der Waals surface area contributed by atoms with Gasteiger partial charge in [0, 0.05) is 18.6 Å². The van der Waals surface area contributed by atoms with Crippen molar-refractivity contribution in [3.63, 3.8) is 0 Å². The number of carbonyl (C=O) groups excluding carboxylic acids is 1. The highest BCUT2D eigenvalue weighted by Gasteiger charge is 2.31. The predicted molar refractivity (Wildman–Crippen MR) is 71.1 cm³/mol. The Hall–Kier alpha value is -1.30. The second-order valence-corrected chi connectivity index (χ2v) is 6.07. The lowest BCUT2D eigenvalue weighted by molar-refractivity contribution is -0.137. The molecule has 1 aliphatic heterocycles. The number of carbonyl (C=O) groups is 2. The van der Waals surface area contributed by atoms with E-state index in [2.05, 4.69) is 10.6 Å². The Bertz CT molecular complexity index is 336. The zero-order valence-corrected chi connectivity index (χ0v) is 11.9. The van der Waals surface area contributed by atoms with E-state index in [1.165, 1.54) is 0 Å². The second kappa shape index (κ2) is 6.23. The van der Waals surface area contributed by atoms with Crippen LogP contribution < -0.4 is 10.6 Å². The minimum atomic E-state index is -0.858. The lowest BCUT2D eigenvalue weighted by Gasteiger charge is -2.36. The van der Waals surface area contributed by atoms with Gasteiger partial charge in [0.1, 0.15) is 0 Å². The molecule has 2 amide bonds. The van der Waals surface area contributed by atoms with E-state index in [0.29, 0.717) is 13.0 Å². The van der Waals surface area contributed by atoms with Gasteiger partial charge < -0.3 is 20.5 Å². The SMILES string of the molecule is CC(C)(CCC(=O)O)NC(=O)NC1(C)CCCOC1. The number of ether oxygens (including phenoxy) is 1.